The quantitative estimate of drug-likeness (QED) is 0.108. The van der Waals surface area contributed by atoms with Gasteiger partial charge in [0.05, 0.1) is 50.8 Å². The number of carbonyl (C=O) groups excluding carboxylic acids is 4. The van der Waals surface area contributed by atoms with Gasteiger partial charge in [0, 0.05) is 30.4 Å². The lowest BCUT2D eigenvalue weighted by atomic mass is 10.0. The lowest BCUT2D eigenvalue weighted by Crippen LogP contribution is -2.49. The van der Waals surface area contributed by atoms with E-state index in [0.717, 1.165) is 64.2 Å². The second-order valence-electron chi connectivity index (χ2n) is 15.6. The van der Waals surface area contributed by atoms with Crippen molar-refractivity contribution in [3.8, 4) is 16.9 Å². The fraction of sp³-hybridized carbons (Fsp3) is 0.304. The summed E-state index contributed by atoms with van der Waals surface area (Å²) in [7, 11) is 2.57. The maximum atomic E-state index is 14.0. The molecule has 3 unspecified atom stereocenters. The van der Waals surface area contributed by atoms with Gasteiger partial charge in [0.2, 0.25) is 0 Å². The molecule has 62 heavy (non-hydrogen) atoms. The Morgan fingerprint density at radius 1 is 0.774 bits per heavy atom. The molecule has 0 aliphatic carbocycles. The number of methoxy groups -OCH3 is 2. The summed E-state index contributed by atoms with van der Waals surface area (Å²) in [4.78, 5) is 70.4. The molecule has 6 heterocycles. The zero-order chi connectivity index (χ0) is 42.7. The topological polar surface area (TPSA) is 175 Å². The summed E-state index contributed by atoms with van der Waals surface area (Å²) < 4.78 is 11.9. The van der Waals surface area contributed by atoms with Crippen LogP contribution in [0.1, 0.15) is 72.4 Å². The number of likely N-dealkylation sites (tertiary alicyclic amines) is 2. The van der Waals surface area contributed by atoms with E-state index in [-0.39, 0.29) is 29.9 Å². The largest absolute Gasteiger partial charge is 0.453 e. The average molecular weight is 854 g/mol. The number of carbonyl (C=O) groups is 4. The normalized spacial score (nSPS) is 19.5. The van der Waals surface area contributed by atoms with E-state index in [2.05, 4.69) is 67.4 Å². The monoisotopic (exact) mass is 853 g/mol. The van der Waals surface area contributed by atoms with Gasteiger partial charge in [-0.3, -0.25) is 14.6 Å². The highest BCUT2D eigenvalue weighted by atomic mass is 32.1. The van der Waals surface area contributed by atoms with Crippen LogP contribution in [0.4, 0.5) is 9.59 Å². The molecule has 6 aromatic rings. The summed E-state index contributed by atoms with van der Waals surface area (Å²) in [5.41, 5.74) is 5.34. The number of benzene rings is 3. The number of hydrogen-bond acceptors (Lipinski definition) is 10. The van der Waals surface area contributed by atoms with Gasteiger partial charge in [-0.1, -0.05) is 72.8 Å². The number of thiophene rings is 1. The molecule has 3 aromatic carbocycles. The third-order valence-corrected chi connectivity index (χ3v) is 13.0. The Labute approximate surface area is 362 Å². The van der Waals surface area contributed by atoms with E-state index in [1.807, 2.05) is 65.6 Å². The van der Waals surface area contributed by atoms with Crippen LogP contribution in [0.2, 0.25) is 0 Å². The lowest BCUT2D eigenvalue weighted by Gasteiger charge is -2.29. The van der Waals surface area contributed by atoms with Crippen LogP contribution in [0.15, 0.2) is 114 Å². The summed E-state index contributed by atoms with van der Waals surface area (Å²) >= 11 is 1.68. The first-order valence-electron chi connectivity index (χ1n) is 20.8. The molecule has 5 atom stereocenters. The number of aromatic nitrogens is 3. The Bertz CT molecular complexity index is 2610. The number of aliphatic imine (C=N–C) groups is 1. The van der Waals surface area contributed by atoms with Crippen molar-refractivity contribution in [1.82, 2.24) is 40.3 Å². The van der Waals surface area contributed by atoms with Crippen molar-refractivity contribution in [2.24, 2.45) is 4.99 Å². The molecule has 0 spiro atoms. The molecule has 2 saturated heterocycles. The summed E-state index contributed by atoms with van der Waals surface area (Å²) in [6.07, 6.45) is 5.73. The number of imidazole rings is 1. The second-order valence-corrected chi connectivity index (χ2v) is 16.4. The number of nitrogens with zero attached hydrogens (tertiary/aromatic N) is 5. The molecule has 3 aliphatic rings. The number of H-pyrrole nitrogens is 1. The Kier molecular flexibility index (Phi) is 11.5. The van der Waals surface area contributed by atoms with Crippen molar-refractivity contribution in [3.63, 3.8) is 0 Å². The van der Waals surface area contributed by atoms with Crippen molar-refractivity contribution in [1.29, 1.82) is 0 Å². The van der Waals surface area contributed by atoms with E-state index in [9.17, 15) is 19.2 Å². The number of alkyl carbamates (subject to hydrolysis) is 2. The predicted molar refractivity (Wildman–Crippen MR) is 235 cm³/mol. The summed E-state index contributed by atoms with van der Waals surface area (Å²) in [6, 6.07) is 26.6. The van der Waals surface area contributed by atoms with E-state index >= 15 is 0 Å². The maximum absolute atomic E-state index is 14.0. The van der Waals surface area contributed by atoms with Crippen LogP contribution in [0.5, 0.6) is 0 Å². The summed E-state index contributed by atoms with van der Waals surface area (Å²) in [5, 5.41) is 12.4. The number of amidine groups is 1. The van der Waals surface area contributed by atoms with Gasteiger partial charge in [-0.15, -0.1) is 11.3 Å². The van der Waals surface area contributed by atoms with Gasteiger partial charge >= 0.3 is 12.2 Å². The first kappa shape index (κ1) is 40.5. The Balaban J connectivity index is 0.869. The minimum atomic E-state index is -0.885. The van der Waals surface area contributed by atoms with Crippen LogP contribution >= 0.6 is 11.3 Å². The van der Waals surface area contributed by atoms with Crippen molar-refractivity contribution in [2.45, 2.75) is 55.9 Å². The maximum Gasteiger partial charge on any atom is 0.407 e. The number of nitrogens with one attached hydrogen (secondary N) is 4. The van der Waals surface area contributed by atoms with E-state index in [0.29, 0.717) is 36.6 Å². The molecule has 3 aromatic heterocycles. The minimum Gasteiger partial charge on any atom is -0.453 e. The molecule has 15 nitrogen and oxygen atoms in total. The first-order valence-corrected chi connectivity index (χ1v) is 21.6. The van der Waals surface area contributed by atoms with Crippen LogP contribution in [-0.2, 0) is 19.1 Å². The molecule has 4 N–H and O–H groups in total. The van der Waals surface area contributed by atoms with Crippen molar-refractivity contribution in [3.05, 3.63) is 131 Å². The highest BCUT2D eigenvalue weighted by molar-refractivity contribution is 7.17. The van der Waals surface area contributed by atoms with Crippen molar-refractivity contribution < 1.29 is 28.7 Å². The van der Waals surface area contributed by atoms with Gasteiger partial charge in [-0.25, -0.2) is 14.6 Å². The predicted octanol–water partition coefficient (Wildman–Crippen LogP) is 6.97. The SMILES string of the molecule is COC(=O)N[C@@H](C(=O)N1CCCC1C1=NCC(c2csc3c2ccn3-c2ccc(-c3cnc(C4CCCN4C(=O)[C@H](NC(=O)OC)c4ccccc4)[nH]3)cc2)N1)c1ccccc1. The molecule has 0 saturated carbocycles. The Morgan fingerprint density at radius 2 is 1.37 bits per heavy atom. The van der Waals surface area contributed by atoms with E-state index in [1.165, 1.54) is 14.2 Å². The van der Waals surface area contributed by atoms with Crippen LogP contribution < -0.4 is 16.0 Å². The van der Waals surface area contributed by atoms with E-state index in [1.54, 1.807) is 22.4 Å². The van der Waals surface area contributed by atoms with Crippen LogP contribution in [0.3, 0.4) is 0 Å². The molecular weight excluding hydrogens is 807 g/mol. The first-order chi connectivity index (χ1) is 30.3. The molecule has 3 aliphatic heterocycles. The number of ether oxygens (including phenoxy) is 2. The Hall–Kier alpha value is -6.94. The van der Waals surface area contributed by atoms with Crippen molar-refractivity contribution >= 4 is 51.4 Å². The zero-order valence-electron chi connectivity index (χ0n) is 34.3. The van der Waals surface area contributed by atoms with E-state index in [4.69, 9.17) is 19.5 Å². The molecule has 16 heteroatoms. The standard InChI is InChI=1S/C46H47N9O6S/c1-60-45(58)51-38(29-11-5-3-6-12-29)42(56)54-22-9-15-36(54)40-47-25-34(49-40)28-17-19-31(20-18-28)53-24-21-32-33(27-62-44(32)53)35-26-48-41(50-35)37-16-10-23-55(37)43(57)39(52-46(59)61-2)30-13-7-4-8-14-30/h3-8,11-14,17-21,24-25,27,35-39H,9-10,15-16,22-23,26H2,1-2H3,(H,47,49)(H,48,50)(H,51,58)(H,52,59)/t35?,36?,37?,38-,39-/m1/s1. The summed E-state index contributed by atoms with van der Waals surface area (Å²) in [5.74, 6) is 1.09. The lowest BCUT2D eigenvalue weighted by molar-refractivity contribution is -0.135. The van der Waals surface area contributed by atoms with Crippen LogP contribution in [-0.4, -0.2) is 94.1 Å². The molecule has 4 amide bonds. The third kappa shape index (κ3) is 7.88. The highest BCUT2D eigenvalue weighted by Crippen LogP contribution is 2.37. The second kappa shape index (κ2) is 17.6. The molecule has 2 fully saturated rings. The molecular formula is C46H47N9O6S. The summed E-state index contributed by atoms with van der Waals surface area (Å²) in [6.45, 7) is 1.67. The van der Waals surface area contributed by atoms with Gasteiger partial charge in [-0.2, -0.15) is 0 Å². The fourth-order valence-electron chi connectivity index (χ4n) is 8.89. The third-order valence-electron chi connectivity index (χ3n) is 12.0. The zero-order valence-corrected chi connectivity index (χ0v) is 35.1. The van der Waals surface area contributed by atoms with Crippen LogP contribution in [0, 0.1) is 0 Å². The molecule has 9 rings (SSSR count). The smallest absolute Gasteiger partial charge is 0.407 e. The molecule has 0 radical (unpaired) electrons. The van der Waals surface area contributed by atoms with Gasteiger partial charge in [0.15, 0.2) is 0 Å². The van der Waals surface area contributed by atoms with Crippen molar-refractivity contribution in [2.75, 3.05) is 33.9 Å². The number of hydrogen-bond donors (Lipinski definition) is 4. The van der Waals surface area contributed by atoms with Crippen LogP contribution in [0.25, 0.3) is 27.2 Å². The average Bonchev–Trinajstić information content (AvgIpc) is 4.17. The van der Waals surface area contributed by atoms with Gasteiger partial charge in [0.1, 0.15) is 28.6 Å². The number of aromatic amines is 1. The molecule has 318 valence electrons. The minimum absolute atomic E-state index is 0.0402. The Morgan fingerprint density at radius 3 is 1.98 bits per heavy atom. The van der Waals surface area contributed by atoms with Gasteiger partial charge in [-0.05, 0) is 71.5 Å². The molecule has 0 bridgehead atoms. The number of fused-ring (bicyclic) bond motifs is 1. The van der Waals surface area contributed by atoms with Gasteiger partial charge in [0.25, 0.3) is 11.8 Å². The van der Waals surface area contributed by atoms with Gasteiger partial charge < -0.3 is 44.8 Å². The number of rotatable bonds is 11. The van der Waals surface area contributed by atoms with E-state index < -0.39 is 24.3 Å². The number of amides is 4. The highest BCUT2D eigenvalue weighted by Gasteiger charge is 2.40. The fourth-order valence-corrected chi connectivity index (χ4v) is 10.0.